The zero-order valence-corrected chi connectivity index (χ0v) is 10.6. The standard InChI is InChI=1S/C16H10N4/c1-3-7-14-11(5-1)9-16(20-19-14)13-10-17-18-15-8-4-2-6-12(13)15/h1-10H. The van der Waals surface area contributed by atoms with Crippen LogP contribution in [0.15, 0.2) is 60.8 Å². The maximum atomic E-state index is 4.31. The Hall–Kier alpha value is -2.88. The van der Waals surface area contributed by atoms with Gasteiger partial charge in [0.15, 0.2) is 0 Å². The van der Waals surface area contributed by atoms with Crippen LogP contribution in [0.3, 0.4) is 0 Å². The Labute approximate surface area is 115 Å². The van der Waals surface area contributed by atoms with Crippen molar-refractivity contribution in [2.24, 2.45) is 0 Å². The molecule has 4 nitrogen and oxygen atoms in total. The van der Waals surface area contributed by atoms with Crippen LogP contribution in [0.25, 0.3) is 33.1 Å². The SMILES string of the molecule is c1ccc2nnc(-c3cnnc4ccccc34)cc2c1. The Balaban J connectivity index is 2.01. The fourth-order valence-corrected chi connectivity index (χ4v) is 2.33. The van der Waals surface area contributed by atoms with Gasteiger partial charge >= 0.3 is 0 Å². The lowest BCUT2D eigenvalue weighted by molar-refractivity contribution is 1.05. The van der Waals surface area contributed by atoms with E-state index in [4.69, 9.17) is 0 Å². The van der Waals surface area contributed by atoms with E-state index in [0.717, 1.165) is 33.1 Å². The maximum Gasteiger partial charge on any atom is 0.0959 e. The summed E-state index contributed by atoms with van der Waals surface area (Å²) in [5.41, 5.74) is 3.52. The second-order valence-electron chi connectivity index (χ2n) is 4.56. The molecule has 0 atom stereocenters. The summed E-state index contributed by atoms with van der Waals surface area (Å²) in [6, 6.07) is 17.9. The van der Waals surface area contributed by atoms with Crippen LogP contribution in [0, 0.1) is 0 Å². The normalized spacial score (nSPS) is 11.0. The van der Waals surface area contributed by atoms with Crippen molar-refractivity contribution < 1.29 is 0 Å². The largest absolute Gasteiger partial charge is 0.158 e. The van der Waals surface area contributed by atoms with E-state index in [-0.39, 0.29) is 0 Å². The molecule has 0 saturated heterocycles. The fourth-order valence-electron chi connectivity index (χ4n) is 2.33. The van der Waals surface area contributed by atoms with Gasteiger partial charge in [-0.3, -0.25) is 0 Å². The fraction of sp³-hybridized carbons (Fsp3) is 0. The highest BCUT2D eigenvalue weighted by atomic mass is 15.1. The molecule has 2 aromatic heterocycles. The molecule has 0 unspecified atom stereocenters. The first kappa shape index (κ1) is 11.0. The Morgan fingerprint density at radius 3 is 2.45 bits per heavy atom. The van der Waals surface area contributed by atoms with Gasteiger partial charge in [0.1, 0.15) is 0 Å². The number of rotatable bonds is 1. The zero-order chi connectivity index (χ0) is 13.4. The molecular weight excluding hydrogens is 248 g/mol. The van der Waals surface area contributed by atoms with Crippen molar-refractivity contribution in [3.8, 4) is 11.3 Å². The molecule has 4 aromatic rings. The third kappa shape index (κ3) is 1.70. The monoisotopic (exact) mass is 258 g/mol. The highest BCUT2D eigenvalue weighted by molar-refractivity contribution is 5.94. The number of aromatic nitrogens is 4. The summed E-state index contributed by atoms with van der Waals surface area (Å²) in [6.45, 7) is 0. The summed E-state index contributed by atoms with van der Waals surface area (Å²) in [5.74, 6) is 0. The average molecular weight is 258 g/mol. The van der Waals surface area contributed by atoms with Gasteiger partial charge in [0.05, 0.1) is 22.9 Å². The number of hydrogen-bond acceptors (Lipinski definition) is 4. The molecule has 0 radical (unpaired) electrons. The van der Waals surface area contributed by atoms with Gasteiger partial charge < -0.3 is 0 Å². The van der Waals surface area contributed by atoms with Crippen molar-refractivity contribution >= 4 is 21.8 Å². The van der Waals surface area contributed by atoms with Crippen LogP contribution in [-0.2, 0) is 0 Å². The van der Waals surface area contributed by atoms with Crippen molar-refractivity contribution in [1.82, 2.24) is 20.4 Å². The first-order valence-electron chi connectivity index (χ1n) is 6.35. The van der Waals surface area contributed by atoms with Crippen molar-refractivity contribution in [2.75, 3.05) is 0 Å². The molecule has 2 heterocycles. The second kappa shape index (κ2) is 4.35. The number of benzene rings is 2. The van der Waals surface area contributed by atoms with E-state index >= 15 is 0 Å². The molecule has 0 aliphatic rings. The summed E-state index contributed by atoms with van der Waals surface area (Å²) in [6.07, 6.45) is 1.74. The maximum absolute atomic E-state index is 4.31. The molecule has 4 heteroatoms. The van der Waals surface area contributed by atoms with Gasteiger partial charge in [0, 0.05) is 16.3 Å². The van der Waals surface area contributed by atoms with E-state index in [1.807, 2.05) is 54.6 Å². The number of hydrogen-bond donors (Lipinski definition) is 0. The number of nitrogens with zero attached hydrogens (tertiary/aromatic N) is 4. The minimum atomic E-state index is 0.815. The first-order valence-corrected chi connectivity index (χ1v) is 6.35. The lowest BCUT2D eigenvalue weighted by Gasteiger charge is -2.04. The summed E-state index contributed by atoms with van der Waals surface area (Å²) in [7, 11) is 0. The quantitative estimate of drug-likeness (QED) is 0.526. The molecule has 2 aromatic carbocycles. The van der Waals surface area contributed by atoms with E-state index in [2.05, 4.69) is 20.4 Å². The molecule has 20 heavy (non-hydrogen) atoms. The lowest BCUT2D eigenvalue weighted by Crippen LogP contribution is -1.92. The van der Waals surface area contributed by atoms with E-state index in [1.54, 1.807) is 6.20 Å². The third-order valence-electron chi connectivity index (χ3n) is 3.32. The topological polar surface area (TPSA) is 51.6 Å². The van der Waals surface area contributed by atoms with Crippen LogP contribution < -0.4 is 0 Å². The molecule has 4 rings (SSSR count). The van der Waals surface area contributed by atoms with Crippen molar-refractivity contribution in [1.29, 1.82) is 0 Å². The predicted molar refractivity (Wildman–Crippen MR) is 78.1 cm³/mol. The van der Waals surface area contributed by atoms with Crippen LogP contribution in [0.5, 0.6) is 0 Å². The molecule has 0 aliphatic heterocycles. The Morgan fingerprint density at radius 1 is 0.700 bits per heavy atom. The number of fused-ring (bicyclic) bond motifs is 2. The van der Waals surface area contributed by atoms with Crippen molar-refractivity contribution in [3.05, 3.63) is 60.8 Å². The van der Waals surface area contributed by atoms with Crippen molar-refractivity contribution in [3.63, 3.8) is 0 Å². The van der Waals surface area contributed by atoms with Crippen LogP contribution in [0.2, 0.25) is 0 Å². The molecule has 0 fully saturated rings. The second-order valence-corrected chi connectivity index (χ2v) is 4.56. The Morgan fingerprint density at radius 2 is 1.50 bits per heavy atom. The summed E-state index contributed by atoms with van der Waals surface area (Å²) in [5, 5.41) is 18.9. The van der Waals surface area contributed by atoms with E-state index in [0.29, 0.717) is 0 Å². The van der Waals surface area contributed by atoms with Gasteiger partial charge in [-0.2, -0.15) is 10.2 Å². The summed E-state index contributed by atoms with van der Waals surface area (Å²) in [4.78, 5) is 0. The first-order chi connectivity index (χ1) is 9.92. The van der Waals surface area contributed by atoms with Gasteiger partial charge in [-0.15, -0.1) is 10.2 Å². The minimum Gasteiger partial charge on any atom is -0.158 e. The van der Waals surface area contributed by atoms with Crippen molar-refractivity contribution in [2.45, 2.75) is 0 Å². The highest BCUT2D eigenvalue weighted by Gasteiger charge is 2.07. The Bertz CT molecular complexity index is 913. The van der Waals surface area contributed by atoms with E-state index < -0.39 is 0 Å². The van der Waals surface area contributed by atoms with E-state index in [1.165, 1.54) is 0 Å². The Kier molecular flexibility index (Phi) is 2.39. The molecular formula is C16H10N4. The molecule has 0 amide bonds. The van der Waals surface area contributed by atoms with Crippen LogP contribution in [0.4, 0.5) is 0 Å². The molecule has 0 saturated carbocycles. The van der Waals surface area contributed by atoms with E-state index in [9.17, 15) is 0 Å². The molecule has 94 valence electrons. The zero-order valence-electron chi connectivity index (χ0n) is 10.6. The van der Waals surface area contributed by atoms with Gasteiger partial charge in [0.2, 0.25) is 0 Å². The predicted octanol–water partition coefficient (Wildman–Crippen LogP) is 3.24. The van der Waals surface area contributed by atoms with Crippen LogP contribution in [0.1, 0.15) is 0 Å². The van der Waals surface area contributed by atoms with Gasteiger partial charge in [-0.05, 0) is 18.2 Å². The average Bonchev–Trinajstić information content (AvgIpc) is 2.54. The molecule has 0 aliphatic carbocycles. The van der Waals surface area contributed by atoms with Gasteiger partial charge in [0.25, 0.3) is 0 Å². The molecule has 0 spiro atoms. The smallest absolute Gasteiger partial charge is 0.0959 e. The summed E-state index contributed by atoms with van der Waals surface area (Å²) < 4.78 is 0. The lowest BCUT2D eigenvalue weighted by atomic mass is 10.1. The van der Waals surface area contributed by atoms with Gasteiger partial charge in [-0.1, -0.05) is 36.4 Å². The third-order valence-corrected chi connectivity index (χ3v) is 3.32. The van der Waals surface area contributed by atoms with Crippen LogP contribution >= 0.6 is 0 Å². The highest BCUT2D eigenvalue weighted by Crippen LogP contribution is 2.26. The molecule has 0 N–H and O–H groups in total. The summed E-state index contributed by atoms with van der Waals surface area (Å²) >= 11 is 0. The van der Waals surface area contributed by atoms with Gasteiger partial charge in [-0.25, -0.2) is 0 Å². The van der Waals surface area contributed by atoms with Crippen LogP contribution in [-0.4, -0.2) is 20.4 Å². The molecule has 0 bridgehead atoms. The minimum absolute atomic E-state index is 0.815.